The Labute approximate surface area is 112 Å². The molecule has 6 heteroatoms. The van der Waals surface area contributed by atoms with E-state index in [4.69, 9.17) is 0 Å². The number of hydrogen-bond donors (Lipinski definition) is 1. The minimum Gasteiger partial charge on any atom is -0.341 e. The highest BCUT2D eigenvalue weighted by molar-refractivity contribution is 5.89. The molecule has 1 aromatic rings. The summed E-state index contributed by atoms with van der Waals surface area (Å²) in [6.45, 7) is 4.99. The van der Waals surface area contributed by atoms with Crippen LogP contribution < -0.4 is 0 Å². The molecule has 0 aliphatic carbocycles. The summed E-state index contributed by atoms with van der Waals surface area (Å²) in [5, 5.41) is 6.58. The Morgan fingerprint density at radius 3 is 2.89 bits per heavy atom. The lowest BCUT2D eigenvalue weighted by Gasteiger charge is -2.23. The van der Waals surface area contributed by atoms with E-state index in [2.05, 4.69) is 10.2 Å². The maximum atomic E-state index is 12.3. The Bertz CT molecular complexity index is 455. The highest BCUT2D eigenvalue weighted by Gasteiger charge is 2.36. The fourth-order valence-corrected chi connectivity index (χ4v) is 2.42. The minimum absolute atomic E-state index is 0.0256. The van der Waals surface area contributed by atoms with Crippen molar-refractivity contribution in [3.8, 4) is 0 Å². The second-order valence-corrected chi connectivity index (χ2v) is 5.34. The molecule has 1 fully saturated rings. The Morgan fingerprint density at radius 1 is 1.63 bits per heavy atom. The van der Waals surface area contributed by atoms with Gasteiger partial charge >= 0.3 is 0 Å². The van der Waals surface area contributed by atoms with Crippen molar-refractivity contribution in [3.05, 3.63) is 18.0 Å². The van der Waals surface area contributed by atoms with Crippen LogP contribution in [0.3, 0.4) is 0 Å². The van der Waals surface area contributed by atoms with Gasteiger partial charge in [-0.2, -0.15) is 5.10 Å². The minimum atomic E-state index is -0.216. The summed E-state index contributed by atoms with van der Waals surface area (Å²) in [7, 11) is 1.76. The summed E-state index contributed by atoms with van der Waals surface area (Å²) in [4.78, 5) is 27.5. The molecule has 19 heavy (non-hydrogen) atoms. The highest BCUT2D eigenvalue weighted by Crippen LogP contribution is 2.22. The largest absolute Gasteiger partial charge is 0.341 e. The third-order valence-electron chi connectivity index (χ3n) is 3.48. The van der Waals surface area contributed by atoms with Crippen molar-refractivity contribution in [2.75, 3.05) is 13.6 Å². The van der Waals surface area contributed by atoms with Gasteiger partial charge in [0.1, 0.15) is 0 Å². The second kappa shape index (κ2) is 5.42. The van der Waals surface area contributed by atoms with Crippen molar-refractivity contribution in [1.29, 1.82) is 0 Å². The molecule has 1 N–H and O–H groups in total. The first-order chi connectivity index (χ1) is 8.99. The Morgan fingerprint density at radius 2 is 2.37 bits per heavy atom. The fourth-order valence-electron chi connectivity index (χ4n) is 2.42. The van der Waals surface area contributed by atoms with Crippen molar-refractivity contribution in [2.45, 2.75) is 32.9 Å². The van der Waals surface area contributed by atoms with Gasteiger partial charge in [0, 0.05) is 44.4 Å². The van der Waals surface area contributed by atoms with Crippen LogP contribution in [0.1, 0.15) is 25.8 Å². The number of nitrogens with zero attached hydrogens (tertiary/aromatic N) is 3. The van der Waals surface area contributed by atoms with Crippen molar-refractivity contribution >= 4 is 11.8 Å². The van der Waals surface area contributed by atoms with Gasteiger partial charge in [-0.15, -0.1) is 0 Å². The zero-order valence-electron chi connectivity index (χ0n) is 11.6. The molecule has 1 aromatic heterocycles. The number of H-pyrrole nitrogens is 1. The van der Waals surface area contributed by atoms with E-state index in [1.165, 1.54) is 0 Å². The van der Waals surface area contributed by atoms with Crippen LogP contribution in [0.5, 0.6) is 0 Å². The van der Waals surface area contributed by atoms with Crippen molar-refractivity contribution < 1.29 is 9.59 Å². The molecule has 2 rings (SSSR count). The first-order valence-electron chi connectivity index (χ1n) is 6.51. The maximum Gasteiger partial charge on any atom is 0.228 e. The van der Waals surface area contributed by atoms with Gasteiger partial charge in [-0.05, 0) is 13.8 Å². The summed E-state index contributed by atoms with van der Waals surface area (Å²) >= 11 is 0. The average molecular weight is 264 g/mol. The maximum absolute atomic E-state index is 12.3. The second-order valence-electron chi connectivity index (χ2n) is 5.34. The summed E-state index contributed by atoms with van der Waals surface area (Å²) < 4.78 is 0. The lowest BCUT2D eigenvalue weighted by Crippen LogP contribution is -2.36. The summed E-state index contributed by atoms with van der Waals surface area (Å²) in [6, 6.07) is 0.157. The molecule has 0 bridgehead atoms. The van der Waals surface area contributed by atoms with Crippen LogP contribution in [-0.2, 0) is 16.1 Å². The number of aromatic amines is 1. The summed E-state index contributed by atoms with van der Waals surface area (Å²) in [5.41, 5.74) is 0.959. The molecule has 6 nitrogen and oxygen atoms in total. The average Bonchev–Trinajstić information content (AvgIpc) is 2.97. The molecule has 0 saturated carbocycles. The van der Waals surface area contributed by atoms with Crippen molar-refractivity contribution in [1.82, 2.24) is 20.0 Å². The molecule has 1 atom stereocenters. The summed E-state index contributed by atoms with van der Waals surface area (Å²) in [6.07, 6.45) is 3.79. The van der Waals surface area contributed by atoms with Crippen LogP contribution in [0.25, 0.3) is 0 Å². The van der Waals surface area contributed by atoms with E-state index in [0.717, 1.165) is 5.56 Å². The van der Waals surface area contributed by atoms with Crippen molar-refractivity contribution in [2.24, 2.45) is 5.92 Å². The number of carbonyl (C=O) groups excluding carboxylic acids is 2. The SMILES string of the molecule is CC(C)N1CC(C(=O)N(C)Cc2cn[nH]c2)CC1=O. The Balaban J connectivity index is 1.95. The van der Waals surface area contributed by atoms with Crippen LogP contribution in [-0.4, -0.2) is 51.4 Å². The first-order valence-corrected chi connectivity index (χ1v) is 6.51. The van der Waals surface area contributed by atoms with E-state index in [0.29, 0.717) is 19.5 Å². The van der Waals surface area contributed by atoms with Gasteiger partial charge in [0.25, 0.3) is 0 Å². The molecular weight excluding hydrogens is 244 g/mol. The van der Waals surface area contributed by atoms with E-state index in [-0.39, 0.29) is 23.8 Å². The topological polar surface area (TPSA) is 69.3 Å². The predicted octanol–water partition coefficient (Wildman–Crippen LogP) is 0.625. The lowest BCUT2D eigenvalue weighted by atomic mass is 10.1. The molecule has 1 saturated heterocycles. The number of likely N-dealkylation sites (tertiary alicyclic amines) is 1. The molecular formula is C13H20N4O2. The molecule has 104 valence electrons. The van der Waals surface area contributed by atoms with Gasteiger partial charge in [0.15, 0.2) is 0 Å². The molecule has 1 aliphatic heterocycles. The predicted molar refractivity (Wildman–Crippen MR) is 70.0 cm³/mol. The molecule has 2 heterocycles. The molecule has 0 aromatic carbocycles. The highest BCUT2D eigenvalue weighted by atomic mass is 16.2. The van der Waals surface area contributed by atoms with Crippen molar-refractivity contribution in [3.63, 3.8) is 0 Å². The van der Waals surface area contributed by atoms with Crippen LogP contribution in [0.4, 0.5) is 0 Å². The Kier molecular flexibility index (Phi) is 3.87. The van der Waals surface area contributed by atoms with E-state index in [1.807, 2.05) is 13.8 Å². The first kappa shape index (κ1) is 13.6. The number of aromatic nitrogens is 2. The number of hydrogen-bond acceptors (Lipinski definition) is 3. The normalized spacial score (nSPS) is 19.3. The van der Waals surface area contributed by atoms with E-state index >= 15 is 0 Å². The number of carbonyl (C=O) groups is 2. The van der Waals surface area contributed by atoms with Gasteiger partial charge in [-0.3, -0.25) is 14.7 Å². The van der Waals surface area contributed by atoms with Gasteiger partial charge in [0.2, 0.25) is 11.8 Å². The zero-order valence-corrected chi connectivity index (χ0v) is 11.6. The quantitative estimate of drug-likeness (QED) is 0.867. The molecule has 1 unspecified atom stereocenters. The number of rotatable bonds is 4. The Hall–Kier alpha value is -1.85. The fraction of sp³-hybridized carbons (Fsp3) is 0.615. The lowest BCUT2D eigenvalue weighted by molar-refractivity contribution is -0.135. The number of nitrogens with one attached hydrogen (secondary N) is 1. The van der Waals surface area contributed by atoms with E-state index in [9.17, 15) is 9.59 Å². The van der Waals surface area contributed by atoms with Crippen LogP contribution in [0.2, 0.25) is 0 Å². The van der Waals surface area contributed by atoms with Gasteiger partial charge in [-0.1, -0.05) is 0 Å². The molecule has 1 aliphatic rings. The third kappa shape index (κ3) is 2.94. The third-order valence-corrected chi connectivity index (χ3v) is 3.48. The van der Waals surface area contributed by atoms with Crippen LogP contribution in [0, 0.1) is 5.92 Å². The monoisotopic (exact) mass is 264 g/mol. The summed E-state index contributed by atoms with van der Waals surface area (Å²) in [5.74, 6) is -0.116. The van der Waals surface area contributed by atoms with Gasteiger partial charge in [-0.25, -0.2) is 0 Å². The molecule has 2 amide bonds. The molecule has 0 radical (unpaired) electrons. The van der Waals surface area contributed by atoms with Crippen LogP contribution in [0.15, 0.2) is 12.4 Å². The smallest absolute Gasteiger partial charge is 0.228 e. The van der Waals surface area contributed by atoms with E-state index in [1.54, 1.807) is 29.2 Å². The van der Waals surface area contributed by atoms with Crippen LogP contribution >= 0.6 is 0 Å². The number of amides is 2. The van der Waals surface area contributed by atoms with E-state index < -0.39 is 0 Å². The zero-order chi connectivity index (χ0) is 14.0. The van der Waals surface area contributed by atoms with Gasteiger partial charge < -0.3 is 9.80 Å². The van der Waals surface area contributed by atoms with Gasteiger partial charge in [0.05, 0.1) is 12.1 Å². The standard InChI is InChI=1S/C13H20N4O2/c1-9(2)17-8-11(4-12(17)18)13(19)16(3)7-10-5-14-15-6-10/h5-6,9,11H,4,7-8H2,1-3H3,(H,14,15). The molecule has 0 spiro atoms.